The van der Waals surface area contributed by atoms with Crippen molar-refractivity contribution in [2.45, 2.75) is 45.2 Å². The zero-order valence-electron chi connectivity index (χ0n) is 19.5. The number of ether oxygens (including phenoxy) is 2. The molecule has 8 heteroatoms. The van der Waals surface area contributed by atoms with Crippen molar-refractivity contribution in [3.05, 3.63) is 59.2 Å². The van der Waals surface area contributed by atoms with Crippen LogP contribution in [0.4, 0.5) is 4.79 Å². The second kappa shape index (κ2) is 8.66. The summed E-state index contributed by atoms with van der Waals surface area (Å²) in [6.45, 7) is 5.40. The number of benzene rings is 2. The standard InChI is InChI=1S/C26H29N3O5/c1-3-26(20-10-12-28(13-11-20)23(30)19-7-4-17(2)5-8-19)24(31)29(25(32)27-26)15-18-6-9-21-22(14-18)34-16-33-21/h4-9,14,20H,3,10-13,15-16H2,1-2H3,(H,27,32). The highest BCUT2D eigenvalue weighted by Gasteiger charge is 2.54. The number of fused-ring (bicyclic) bond motifs is 1. The molecule has 1 N–H and O–H groups in total. The molecule has 0 saturated carbocycles. The maximum absolute atomic E-state index is 13.6. The fraction of sp³-hybridized carbons (Fsp3) is 0.423. The third-order valence-corrected chi connectivity index (χ3v) is 7.31. The molecule has 2 fully saturated rings. The van der Waals surface area contributed by atoms with E-state index in [-0.39, 0.29) is 37.1 Å². The maximum atomic E-state index is 13.6. The number of aryl methyl sites for hydroxylation is 1. The van der Waals surface area contributed by atoms with E-state index in [1.807, 2.05) is 55.1 Å². The third kappa shape index (κ3) is 3.77. The molecule has 3 aliphatic rings. The number of carbonyl (C=O) groups is 3. The van der Waals surface area contributed by atoms with Crippen LogP contribution in [0.3, 0.4) is 0 Å². The van der Waals surface area contributed by atoms with E-state index in [0.29, 0.717) is 49.4 Å². The molecular weight excluding hydrogens is 434 g/mol. The Morgan fingerprint density at radius 2 is 1.76 bits per heavy atom. The number of nitrogens with zero attached hydrogens (tertiary/aromatic N) is 2. The lowest BCUT2D eigenvalue weighted by molar-refractivity contribution is -0.134. The summed E-state index contributed by atoms with van der Waals surface area (Å²) in [7, 11) is 0. The topological polar surface area (TPSA) is 88.2 Å². The Hall–Kier alpha value is -3.55. The van der Waals surface area contributed by atoms with Crippen LogP contribution in [-0.4, -0.2) is 53.1 Å². The molecule has 1 atom stereocenters. The molecule has 2 aromatic rings. The van der Waals surface area contributed by atoms with Gasteiger partial charge in [-0.2, -0.15) is 0 Å². The molecule has 178 valence electrons. The van der Waals surface area contributed by atoms with Crippen LogP contribution in [0.2, 0.25) is 0 Å². The average molecular weight is 464 g/mol. The van der Waals surface area contributed by atoms with Crippen molar-refractivity contribution in [3.63, 3.8) is 0 Å². The minimum Gasteiger partial charge on any atom is -0.454 e. The summed E-state index contributed by atoms with van der Waals surface area (Å²) >= 11 is 0. The zero-order valence-corrected chi connectivity index (χ0v) is 19.5. The molecule has 4 amide bonds. The molecule has 34 heavy (non-hydrogen) atoms. The molecule has 3 heterocycles. The van der Waals surface area contributed by atoms with Crippen LogP contribution in [0.25, 0.3) is 0 Å². The minimum atomic E-state index is -0.938. The Balaban J connectivity index is 1.27. The highest BCUT2D eigenvalue weighted by atomic mass is 16.7. The molecule has 5 rings (SSSR count). The van der Waals surface area contributed by atoms with Crippen molar-refractivity contribution in [1.82, 2.24) is 15.1 Å². The number of imide groups is 1. The Morgan fingerprint density at radius 3 is 2.47 bits per heavy atom. The first kappa shape index (κ1) is 22.3. The van der Waals surface area contributed by atoms with Gasteiger partial charge in [0.2, 0.25) is 6.79 Å². The van der Waals surface area contributed by atoms with Crippen LogP contribution in [0.15, 0.2) is 42.5 Å². The summed E-state index contributed by atoms with van der Waals surface area (Å²) in [6.07, 6.45) is 1.83. The number of nitrogens with one attached hydrogen (secondary N) is 1. The van der Waals surface area contributed by atoms with E-state index in [9.17, 15) is 14.4 Å². The van der Waals surface area contributed by atoms with Crippen LogP contribution in [0.5, 0.6) is 11.5 Å². The van der Waals surface area contributed by atoms with E-state index in [0.717, 1.165) is 11.1 Å². The van der Waals surface area contributed by atoms with Crippen molar-refractivity contribution in [2.24, 2.45) is 5.92 Å². The van der Waals surface area contributed by atoms with Gasteiger partial charge in [0.05, 0.1) is 6.54 Å². The van der Waals surface area contributed by atoms with Gasteiger partial charge in [-0.3, -0.25) is 14.5 Å². The average Bonchev–Trinajstić information content (AvgIpc) is 3.42. The SMILES string of the molecule is CCC1(C2CCN(C(=O)c3ccc(C)cc3)CC2)NC(=O)N(Cc2ccc3c(c2)OCO3)C1=O. The van der Waals surface area contributed by atoms with E-state index in [4.69, 9.17) is 9.47 Å². The first-order valence-corrected chi connectivity index (χ1v) is 11.8. The Kier molecular flexibility index (Phi) is 5.67. The van der Waals surface area contributed by atoms with Gasteiger partial charge >= 0.3 is 6.03 Å². The summed E-state index contributed by atoms with van der Waals surface area (Å²) in [4.78, 5) is 42.5. The Morgan fingerprint density at radius 1 is 1.06 bits per heavy atom. The molecule has 0 spiro atoms. The molecule has 2 aromatic carbocycles. The highest BCUT2D eigenvalue weighted by molar-refractivity contribution is 6.07. The molecule has 0 aliphatic carbocycles. The van der Waals surface area contributed by atoms with Gasteiger partial charge in [0.25, 0.3) is 11.8 Å². The number of rotatable bonds is 5. The lowest BCUT2D eigenvalue weighted by atomic mass is 9.75. The van der Waals surface area contributed by atoms with Crippen LogP contribution < -0.4 is 14.8 Å². The second-order valence-corrected chi connectivity index (χ2v) is 9.27. The van der Waals surface area contributed by atoms with Gasteiger partial charge in [0, 0.05) is 18.7 Å². The maximum Gasteiger partial charge on any atom is 0.325 e. The molecule has 0 aromatic heterocycles. The Bertz CT molecular complexity index is 1120. The fourth-order valence-corrected chi connectivity index (χ4v) is 5.27. The number of urea groups is 1. The number of piperidine rings is 1. The molecule has 3 aliphatic heterocycles. The molecule has 2 saturated heterocycles. The van der Waals surface area contributed by atoms with Gasteiger partial charge in [-0.05, 0) is 61.9 Å². The number of carbonyl (C=O) groups excluding carboxylic acids is 3. The van der Waals surface area contributed by atoms with Crippen molar-refractivity contribution in [1.29, 1.82) is 0 Å². The van der Waals surface area contributed by atoms with E-state index in [2.05, 4.69) is 5.32 Å². The molecule has 8 nitrogen and oxygen atoms in total. The van der Waals surface area contributed by atoms with Crippen molar-refractivity contribution in [3.8, 4) is 11.5 Å². The molecule has 0 bridgehead atoms. The second-order valence-electron chi connectivity index (χ2n) is 9.27. The van der Waals surface area contributed by atoms with Crippen LogP contribution in [0, 0.1) is 12.8 Å². The van der Waals surface area contributed by atoms with Crippen molar-refractivity contribution in [2.75, 3.05) is 19.9 Å². The minimum absolute atomic E-state index is 0.00946. The number of likely N-dealkylation sites (tertiary alicyclic amines) is 1. The van der Waals surface area contributed by atoms with Gasteiger partial charge in [-0.25, -0.2) is 4.79 Å². The van der Waals surface area contributed by atoms with Gasteiger partial charge in [-0.1, -0.05) is 30.7 Å². The van der Waals surface area contributed by atoms with E-state index in [1.54, 1.807) is 6.07 Å². The van der Waals surface area contributed by atoms with Gasteiger partial charge in [0.1, 0.15) is 5.54 Å². The summed E-state index contributed by atoms with van der Waals surface area (Å²) in [5.41, 5.74) is 1.65. The first-order valence-electron chi connectivity index (χ1n) is 11.8. The molecule has 0 radical (unpaired) electrons. The first-order chi connectivity index (χ1) is 16.4. The molecule has 1 unspecified atom stereocenters. The van der Waals surface area contributed by atoms with Crippen LogP contribution in [0.1, 0.15) is 47.7 Å². The monoisotopic (exact) mass is 463 g/mol. The van der Waals surface area contributed by atoms with Gasteiger partial charge < -0.3 is 19.7 Å². The summed E-state index contributed by atoms with van der Waals surface area (Å²) < 4.78 is 10.8. The van der Waals surface area contributed by atoms with Crippen LogP contribution in [-0.2, 0) is 11.3 Å². The van der Waals surface area contributed by atoms with Crippen molar-refractivity contribution < 1.29 is 23.9 Å². The largest absolute Gasteiger partial charge is 0.454 e. The Labute approximate surface area is 198 Å². The van der Waals surface area contributed by atoms with Crippen molar-refractivity contribution >= 4 is 17.8 Å². The van der Waals surface area contributed by atoms with Gasteiger partial charge in [-0.15, -0.1) is 0 Å². The smallest absolute Gasteiger partial charge is 0.325 e. The zero-order chi connectivity index (χ0) is 23.9. The summed E-state index contributed by atoms with van der Waals surface area (Å²) in [6, 6.07) is 12.7. The lowest BCUT2D eigenvalue weighted by Crippen LogP contribution is -2.56. The van der Waals surface area contributed by atoms with E-state index in [1.165, 1.54) is 4.90 Å². The van der Waals surface area contributed by atoms with Crippen LogP contribution >= 0.6 is 0 Å². The third-order valence-electron chi connectivity index (χ3n) is 7.31. The molecular formula is C26H29N3O5. The quantitative estimate of drug-likeness (QED) is 0.686. The predicted octanol–water partition coefficient (Wildman–Crippen LogP) is 3.48. The normalized spacial score (nSPS) is 22.3. The number of hydrogen-bond acceptors (Lipinski definition) is 5. The predicted molar refractivity (Wildman–Crippen MR) is 124 cm³/mol. The summed E-state index contributed by atoms with van der Waals surface area (Å²) in [5, 5.41) is 3.02. The van der Waals surface area contributed by atoms with E-state index >= 15 is 0 Å². The van der Waals surface area contributed by atoms with Gasteiger partial charge in [0.15, 0.2) is 11.5 Å². The number of amides is 4. The fourth-order valence-electron chi connectivity index (χ4n) is 5.27. The highest BCUT2D eigenvalue weighted by Crippen LogP contribution is 2.38. The number of hydrogen-bond donors (Lipinski definition) is 1. The van der Waals surface area contributed by atoms with E-state index < -0.39 is 5.54 Å². The summed E-state index contributed by atoms with van der Waals surface area (Å²) in [5.74, 6) is 1.07. The lowest BCUT2D eigenvalue weighted by Gasteiger charge is -2.40.